The molecule has 1 heterocycles. The molecule has 1 aliphatic rings. The van der Waals surface area contributed by atoms with Gasteiger partial charge >= 0.3 is 5.13 Å². The molecule has 2 aromatic rings. The van der Waals surface area contributed by atoms with Crippen molar-refractivity contribution in [3.63, 3.8) is 0 Å². The lowest BCUT2D eigenvalue weighted by atomic mass is 10.1. The maximum absolute atomic E-state index is 5.74. The number of methoxy groups -OCH3 is 1. The SMILES string of the molecule is COc1ccc2c(c1)Cc1sc(N)[nH+]c1-2.[I-]. The van der Waals surface area contributed by atoms with E-state index in [4.69, 9.17) is 10.5 Å². The van der Waals surface area contributed by atoms with E-state index in [1.165, 1.54) is 21.7 Å². The number of anilines is 1. The summed E-state index contributed by atoms with van der Waals surface area (Å²) in [5.41, 5.74) is 9.48. The Morgan fingerprint density at radius 2 is 2.25 bits per heavy atom. The van der Waals surface area contributed by atoms with E-state index in [9.17, 15) is 0 Å². The molecule has 16 heavy (non-hydrogen) atoms. The lowest BCUT2D eigenvalue weighted by molar-refractivity contribution is -0.340. The van der Waals surface area contributed by atoms with Gasteiger partial charge in [0.1, 0.15) is 11.4 Å². The summed E-state index contributed by atoms with van der Waals surface area (Å²) < 4.78 is 5.21. The van der Waals surface area contributed by atoms with Crippen LogP contribution in [0.3, 0.4) is 0 Å². The van der Waals surface area contributed by atoms with E-state index < -0.39 is 0 Å². The molecule has 1 aliphatic carbocycles. The fourth-order valence-electron chi connectivity index (χ4n) is 2.00. The third-order valence-corrected chi connectivity index (χ3v) is 3.61. The normalized spacial score (nSPS) is 11.6. The van der Waals surface area contributed by atoms with Crippen LogP contribution >= 0.6 is 11.3 Å². The minimum atomic E-state index is 0. The van der Waals surface area contributed by atoms with Crippen LogP contribution in [0.4, 0.5) is 5.13 Å². The van der Waals surface area contributed by atoms with E-state index in [0.717, 1.165) is 17.3 Å². The van der Waals surface area contributed by atoms with E-state index in [0.29, 0.717) is 0 Å². The number of hydrogen-bond acceptors (Lipinski definition) is 3. The minimum Gasteiger partial charge on any atom is -1.00 e. The number of thiazole rings is 1. The van der Waals surface area contributed by atoms with Crippen LogP contribution in [0.2, 0.25) is 0 Å². The summed E-state index contributed by atoms with van der Waals surface area (Å²) >= 11 is 1.63. The third kappa shape index (κ3) is 1.67. The van der Waals surface area contributed by atoms with Gasteiger partial charge in [0, 0.05) is 12.0 Å². The molecule has 0 atom stereocenters. The number of ether oxygens (including phenoxy) is 1. The molecule has 0 saturated carbocycles. The van der Waals surface area contributed by atoms with E-state index in [1.54, 1.807) is 18.4 Å². The van der Waals surface area contributed by atoms with Gasteiger partial charge in [-0.2, -0.15) is 0 Å². The van der Waals surface area contributed by atoms with Crippen LogP contribution in [-0.2, 0) is 6.42 Å². The fourth-order valence-corrected chi connectivity index (χ4v) is 2.91. The number of aromatic nitrogens is 1. The highest BCUT2D eigenvalue weighted by Gasteiger charge is 2.25. The smallest absolute Gasteiger partial charge is 0.330 e. The zero-order valence-electron chi connectivity index (χ0n) is 8.71. The van der Waals surface area contributed by atoms with Gasteiger partial charge < -0.3 is 28.7 Å². The lowest BCUT2D eigenvalue weighted by Gasteiger charge is -2.02. The summed E-state index contributed by atoms with van der Waals surface area (Å²) in [5, 5.41) is 0.779. The number of halogens is 1. The van der Waals surface area contributed by atoms with Crippen LogP contribution in [0, 0.1) is 0 Å². The molecular weight excluding hydrogens is 335 g/mol. The molecule has 0 bridgehead atoms. The maximum atomic E-state index is 5.74. The van der Waals surface area contributed by atoms with Gasteiger partial charge in [0.05, 0.1) is 12.0 Å². The van der Waals surface area contributed by atoms with E-state index >= 15 is 0 Å². The van der Waals surface area contributed by atoms with Crippen LogP contribution in [0.5, 0.6) is 5.75 Å². The average molecular weight is 346 g/mol. The molecule has 0 amide bonds. The van der Waals surface area contributed by atoms with Crippen LogP contribution < -0.4 is 39.4 Å². The van der Waals surface area contributed by atoms with Gasteiger partial charge in [0.2, 0.25) is 0 Å². The molecule has 0 saturated heterocycles. The number of benzene rings is 1. The van der Waals surface area contributed by atoms with E-state index in [-0.39, 0.29) is 24.0 Å². The van der Waals surface area contributed by atoms with Crippen LogP contribution in [-0.4, -0.2) is 7.11 Å². The van der Waals surface area contributed by atoms with Crippen LogP contribution in [0.25, 0.3) is 11.3 Å². The van der Waals surface area contributed by atoms with Gasteiger partial charge in [-0.15, -0.1) is 0 Å². The van der Waals surface area contributed by atoms with Gasteiger partial charge in [-0.1, -0.05) is 11.3 Å². The second-order valence-electron chi connectivity index (χ2n) is 3.59. The van der Waals surface area contributed by atoms with Crippen molar-refractivity contribution in [1.29, 1.82) is 0 Å². The maximum Gasteiger partial charge on any atom is 0.330 e. The van der Waals surface area contributed by atoms with Gasteiger partial charge in [0.15, 0.2) is 0 Å². The number of nitrogens with two attached hydrogens (primary N) is 1. The molecule has 84 valence electrons. The first kappa shape index (κ1) is 11.7. The summed E-state index contributed by atoms with van der Waals surface area (Å²) in [5.74, 6) is 0.914. The number of rotatable bonds is 1. The number of nitrogen functional groups attached to an aromatic ring is 1. The summed E-state index contributed by atoms with van der Waals surface area (Å²) in [6.07, 6.45) is 0.959. The van der Waals surface area contributed by atoms with Crippen molar-refractivity contribution in [3.05, 3.63) is 28.6 Å². The zero-order chi connectivity index (χ0) is 10.4. The van der Waals surface area contributed by atoms with Crippen molar-refractivity contribution in [2.24, 2.45) is 0 Å². The number of aromatic amines is 1. The average Bonchev–Trinajstić information content (AvgIpc) is 2.72. The highest BCUT2D eigenvalue weighted by Crippen LogP contribution is 2.39. The number of H-pyrrole nitrogens is 1. The Balaban J connectivity index is 0.000000963. The van der Waals surface area contributed by atoms with Crippen LogP contribution in [0.1, 0.15) is 10.4 Å². The molecule has 3 nitrogen and oxygen atoms in total. The quantitative estimate of drug-likeness (QED) is 0.559. The summed E-state index contributed by atoms with van der Waals surface area (Å²) in [6, 6.07) is 6.16. The van der Waals surface area contributed by atoms with Crippen molar-refractivity contribution in [2.45, 2.75) is 6.42 Å². The fraction of sp³-hybridized carbons (Fsp3) is 0.182. The largest absolute Gasteiger partial charge is 1.00 e. The Morgan fingerprint density at radius 3 is 3.00 bits per heavy atom. The summed E-state index contributed by atoms with van der Waals surface area (Å²) in [4.78, 5) is 4.52. The standard InChI is InChI=1S/C11H10N2OS.HI/c1-14-7-2-3-8-6(4-7)5-9-10(8)13-11(12)15-9;/h2-4H,5H2,1H3,(H2,12,13);1H. The first-order valence-electron chi connectivity index (χ1n) is 4.75. The monoisotopic (exact) mass is 346 g/mol. The Bertz CT molecular complexity index is 539. The highest BCUT2D eigenvalue weighted by atomic mass is 127. The topological polar surface area (TPSA) is 49.4 Å². The molecule has 5 heteroatoms. The zero-order valence-corrected chi connectivity index (χ0v) is 11.7. The molecule has 0 fully saturated rings. The number of nitrogens with one attached hydrogen (secondary N) is 1. The molecule has 1 aromatic heterocycles. The summed E-state index contributed by atoms with van der Waals surface area (Å²) in [6.45, 7) is 0. The predicted molar refractivity (Wildman–Crippen MR) is 60.1 cm³/mol. The summed E-state index contributed by atoms with van der Waals surface area (Å²) in [7, 11) is 1.69. The van der Waals surface area contributed by atoms with Gasteiger partial charge in [-0.25, -0.2) is 4.98 Å². The second-order valence-corrected chi connectivity index (χ2v) is 4.73. The molecule has 0 radical (unpaired) electrons. The molecule has 0 spiro atoms. The Morgan fingerprint density at radius 1 is 1.44 bits per heavy atom. The molecule has 0 unspecified atom stereocenters. The Kier molecular flexibility index (Phi) is 3.07. The molecule has 3 rings (SSSR count). The van der Waals surface area contributed by atoms with Gasteiger partial charge in [-0.3, -0.25) is 5.73 Å². The first-order valence-corrected chi connectivity index (χ1v) is 5.57. The number of fused-ring (bicyclic) bond motifs is 3. The van der Waals surface area contributed by atoms with Crippen molar-refractivity contribution >= 4 is 16.5 Å². The van der Waals surface area contributed by atoms with Crippen molar-refractivity contribution in [3.8, 4) is 17.0 Å². The molecule has 0 aliphatic heterocycles. The van der Waals surface area contributed by atoms with Crippen molar-refractivity contribution in [2.75, 3.05) is 12.8 Å². The van der Waals surface area contributed by atoms with E-state index in [2.05, 4.69) is 17.1 Å². The minimum absolute atomic E-state index is 0. The van der Waals surface area contributed by atoms with Crippen LogP contribution in [0.15, 0.2) is 18.2 Å². The van der Waals surface area contributed by atoms with Gasteiger partial charge in [-0.05, 0) is 23.8 Å². The lowest BCUT2D eigenvalue weighted by Crippen LogP contribution is -3.00. The van der Waals surface area contributed by atoms with Crippen molar-refractivity contribution < 1.29 is 33.7 Å². The molecular formula is C11H11IN2OS. The molecule has 3 N–H and O–H groups in total. The Labute approximate surface area is 115 Å². The van der Waals surface area contributed by atoms with Crippen molar-refractivity contribution in [1.82, 2.24) is 0 Å². The number of hydrogen-bond donors (Lipinski definition) is 1. The predicted octanol–water partition coefficient (Wildman–Crippen LogP) is -1.27. The Hall–Kier alpha value is -0.820. The third-order valence-electron chi connectivity index (χ3n) is 2.69. The molecule has 1 aromatic carbocycles. The first-order chi connectivity index (χ1) is 7.28. The van der Waals surface area contributed by atoms with E-state index in [1.807, 2.05) is 6.07 Å². The highest BCUT2D eigenvalue weighted by molar-refractivity contribution is 7.15. The van der Waals surface area contributed by atoms with Gasteiger partial charge in [0.25, 0.3) is 0 Å². The second kappa shape index (κ2) is 4.21.